The van der Waals surface area contributed by atoms with Crippen LogP contribution >= 0.6 is 15.9 Å². The standard InChI is InChI=1S/C17H19BrN2O/c1-3-19-11-14(18)10-16(19)17(21)20-12(2)8-9-13-6-4-5-7-15(13)20/h4-7,10-12H,3,8-9H2,1-2H3. The summed E-state index contributed by atoms with van der Waals surface area (Å²) < 4.78 is 2.95. The lowest BCUT2D eigenvalue weighted by atomic mass is 9.96. The molecule has 0 saturated carbocycles. The third-order valence-corrected chi connectivity index (χ3v) is 4.60. The molecule has 3 rings (SSSR count). The molecule has 0 spiro atoms. The zero-order chi connectivity index (χ0) is 15.0. The topological polar surface area (TPSA) is 25.2 Å². The molecular weight excluding hydrogens is 328 g/mol. The number of hydrogen-bond donors (Lipinski definition) is 0. The minimum atomic E-state index is 0.0854. The third kappa shape index (κ3) is 2.53. The molecule has 2 aromatic rings. The summed E-state index contributed by atoms with van der Waals surface area (Å²) in [5, 5.41) is 0. The monoisotopic (exact) mass is 346 g/mol. The van der Waals surface area contributed by atoms with Crippen LogP contribution in [0.4, 0.5) is 5.69 Å². The summed E-state index contributed by atoms with van der Waals surface area (Å²) in [5.41, 5.74) is 3.06. The Hall–Kier alpha value is -1.55. The lowest BCUT2D eigenvalue weighted by molar-refractivity contribution is 0.0966. The fourth-order valence-corrected chi connectivity index (χ4v) is 3.50. The van der Waals surface area contributed by atoms with Crippen molar-refractivity contribution in [3.05, 3.63) is 52.3 Å². The number of carbonyl (C=O) groups excluding carboxylic acids is 1. The van der Waals surface area contributed by atoms with Crippen molar-refractivity contribution in [2.45, 2.75) is 39.3 Å². The number of amides is 1. The average molecular weight is 347 g/mol. The predicted octanol–water partition coefficient (Wildman–Crippen LogP) is 4.25. The molecule has 1 amide bonds. The lowest BCUT2D eigenvalue weighted by Gasteiger charge is -2.35. The number of hydrogen-bond acceptors (Lipinski definition) is 1. The largest absolute Gasteiger partial charge is 0.343 e. The Morgan fingerprint density at radius 1 is 1.38 bits per heavy atom. The molecule has 0 saturated heterocycles. The molecule has 2 heterocycles. The molecule has 1 unspecified atom stereocenters. The molecular formula is C17H19BrN2O. The van der Waals surface area contributed by atoms with E-state index in [1.54, 1.807) is 0 Å². The zero-order valence-electron chi connectivity index (χ0n) is 12.3. The molecule has 3 nitrogen and oxygen atoms in total. The highest BCUT2D eigenvalue weighted by atomic mass is 79.9. The molecule has 0 N–H and O–H groups in total. The van der Waals surface area contributed by atoms with Gasteiger partial charge in [-0.1, -0.05) is 18.2 Å². The van der Waals surface area contributed by atoms with Gasteiger partial charge in [0.2, 0.25) is 0 Å². The van der Waals surface area contributed by atoms with Crippen molar-refractivity contribution in [2.75, 3.05) is 4.90 Å². The van der Waals surface area contributed by atoms with Gasteiger partial charge in [0.05, 0.1) is 0 Å². The van der Waals surface area contributed by atoms with E-state index in [0.29, 0.717) is 0 Å². The summed E-state index contributed by atoms with van der Waals surface area (Å²) in [4.78, 5) is 15.0. The van der Waals surface area contributed by atoms with Gasteiger partial charge in [-0.25, -0.2) is 0 Å². The van der Waals surface area contributed by atoms with Crippen molar-refractivity contribution < 1.29 is 4.79 Å². The molecule has 1 atom stereocenters. The van der Waals surface area contributed by atoms with Crippen LogP contribution in [0.15, 0.2) is 41.0 Å². The summed E-state index contributed by atoms with van der Waals surface area (Å²) in [6, 6.07) is 10.4. The van der Waals surface area contributed by atoms with Crippen LogP contribution in [0, 0.1) is 0 Å². The van der Waals surface area contributed by atoms with Gasteiger partial charge in [-0.05, 0) is 60.3 Å². The number of carbonyl (C=O) groups is 1. The normalized spacial score (nSPS) is 17.7. The van der Waals surface area contributed by atoms with Crippen LogP contribution in [0.1, 0.15) is 36.3 Å². The van der Waals surface area contributed by atoms with E-state index in [9.17, 15) is 4.79 Å². The highest BCUT2D eigenvalue weighted by Crippen LogP contribution is 2.32. The fraction of sp³-hybridized carbons (Fsp3) is 0.353. The Morgan fingerprint density at radius 2 is 2.14 bits per heavy atom. The Labute approximate surface area is 133 Å². The first kappa shape index (κ1) is 14.4. The van der Waals surface area contributed by atoms with Crippen LogP contribution < -0.4 is 4.90 Å². The van der Waals surface area contributed by atoms with Crippen LogP contribution in [0.2, 0.25) is 0 Å². The van der Waals surface area contributed by atoms with E-state index >= 15 is 0 Å². The molecule has 0 bridgehead atoms. The number of halogens is 1. The SMILES string of the molecule is CCn1cc(Br)cc1C(=O)N1c2ccccc2CCC1C. The summed E-state index contributed by atoms with van der Waals surface area (Å²) >= 11 is 3.47. The van der Waals surface area contributed by atoms with Gasteiger partial charge in [-0.15, -0.1) is 0 Å². The zero-order valence-corrected chi connectivity index (χ0v) is 13.9. The van der Waals surface area contributed by atoms with E-state index in [2.05, 4.69) is 41.9 Å². The minimum absolute atomic E-state index is 0.0854. The van der Waals surface area contributed by atoms with Crippen molar-refractivity contribution >= 4 is 27.5 Å². The van der Waals surface area contributed by atoms with Crippen LogP contribution in [0.5, 0.6) is 0 Å². The molecule has 1 aliphatic rings. The quantitative estimate of drug-likeness (QED) is 0.797. The number of fused-ring (bicyclic) bond motifs is 1. The molecule has 0 radical (unpaired) electrons. The first-order valence-electron chi connectivity index (χ1n) is 7.39. The number of benzene rings is 1. The number of aromatic nitrogens is 1. The van der Waals surface area contributed by atoms with Gasteiger partial charge >= 0.3 is 0 Å². The maximum absolute atomic E-state index is 13.1. The summed E-state index contributed by atoms with van der Waals surface area (Å²) in [7, 11) is 0. The molecule has 1 aromatic heterocycles. The average Bonchev–Trinajstić information content (AvgIpc) is 2.87. The summed E-state index contributed by atoms with van der Waals surface area (Å²) in [6.07, 6.45) is 4.02. The Kier molecular flexibility index (Phi) is 3.89. The smallest absolute Gasteiger partial charge is 0.275 e. The fourth-order valence-electron chi connectivity index (χ4n) is 3.04. The molecule has 1 aliphatic heterocycles. The summed E-state index contributed by atoms with van der Waals surface area (Å²) in [5.74, 6) is 0.0854. The lowest BCUT2D eigenvalue weighted by Crippen LogP contribution is -2.42. The number of nitrogens with zero attached hydrogens (tertiary/aromatic N) is 2. The van der Waals surface area contributed by atoms with Crippen molar-refractivity contribution in [1.82, 2.24) is 4.57 Å². The van der Waals surface area contributed by atoms with E-state index in [4.69, 9.17) is 0 Å². The van der Waals surface area contributed by atoms with E-state index in [0.717, 1.165) is 35.2 Å². The molecule has 4 heteroatoms. The van der Waals surface area contributed by atoms with Gasteiger partial charge in [-0.3, -0.25) is 4.79 Å². The van der Waals surface area contributed by atoms with Crippen LogP contribution in [-0.2, 0) is 13.0 Å². The van der Waals surface area contributed by atoms with Crippen LogP contribution in [0.25, 0.3) is 0 Å². The van der Waals surface area contributed by atoms with Crippen molar-refractivity contribution in [3.63, 3.8) is 0 Å². The van der Waals surface area contributed by atoms with E-state index in [1.165, 1.54) is 5.56 Å². The Morgan fingerprint density at radius 3 is 2.90 bits per heavy atom. The van der Waals surface area contributed by atoms with Gasteiger partial charge < -0.3 is 9.47 Å². The third-order valence-electron chi connectivity index (χ3n) is 4.17. The maximum atomic E-state index is 13.1. The second kappa shape index (κ2) is 5.68. The van der Waals surface area contributed by atoms with Crippen molar-refractivity contribution in [3.8, 4) is 0 Å². The first-order valence-corrected chi connectivity index (χ1v) is 8.18. The van der Waals surface area contributed by atoms with E-state index < -0.39 is 0 Å². The van der Waals surface area contributed by atoms with Crippen molar-refractivity contribution in [1.29, 1.82) is 0 Å². The molecule has 110 valence electrons. The van der Waals surface area contributed by atoms with E-state index in [-0.39, 0.29) is 11.9 Å². The summed E-state index contributed by atoms with van der Waals surface area (Å²) in [6.45, 7) is 4.97. The minimum Gasteiger partial charge on any atom is -0.343 e. The number of rotatable bonds is 2. The molecule has 21 heavy (non-hydrogen) atoms. The number of aryl methyl sites for hydroxylation is 2. The molecule has 1 aromatic carbocycles. The Balaban J connectivity index is 2.04. The van der Waals surface area contributed by atoms with Crippen LogP contribution in [0.3, 0.4) is 0 Å². The second-order valence-electron chi connectivity index (χ2n) is 5.52. The molecule has 0 aliphatic carbocycles. The predicted molar refractivity (Wildman–Crippen MR) is 88.8 cm³/mol. The van der Waals surface area contributed by atoms with E-state index in [1.807, 2.05) is 33.9 Å². The highest BCUT2D eigenvalue weighted by Gasteiger charge is 2.30. The van der Waals surface area contributed by atoms with Gasteiger partial charge in [0, 0.05) is 28.9 Å². The van der Waals surface area contributed by atoms with Gasteiger partial charge in [0.25, 0.3) is 5.91 Å². The maximum Gasteiger partial charge on any atom is 0.275 e. The Bertz CT molecular complexity index is 677. The number of para-hydroxylation sites is 1. The van der Waals surface area contributed by atoms with Crippen LogP contribution in [-0.4, -0.2) is 16.5 Å². The van der Waals surface area contributed by atoms with Gasteiger partial charge in [-0.2, -0.15) is 0 Å². The second-order valence-corrected chi connectivity index (χ2v) is 6.44. The van der Waals surface area contributed by atoms with Crippen molar-refractivity contribution in [2.24, 2.45) is 0 Å². The number of anilines is 1. The molecule has 0 fully saturated rings. The van der Waals surface area contributed by atoms with Gasteiger partial charge in [0.1, 0.15) is 5.69 Å². The highest BCUT2D eigenvalue weighted by molar-refractivity contribution is 9.10. The first-order chi connectivity index (χ1) is 10.1. The van der Waals surface area contributed by atoms with Gasteiger partial charge in [0.15, 0.2) is 0 Å².